The zero-order chi connectivity index (χ0) is 23.6. The number of hydrogen-bond donors (Lipinski definition) is 1. The number of carboxylic acid groups (broad SMARTS) is 1. The highest BCUT2D eigenvalue weighted by molar-refractivity contribution is 5.81. The van der Waals surface area contributed by atoms with E-state index in [2.05, 4.69) is 20.8 Å². The molecular formula is C28H50O4. The van der Waals surface area contributed by atoms with E-state index in [0.717, 1.165) is 38.0 Å². The van der Waals surface area contributed by atoms with E-state index >= 15 is 0 Å². The Morgan fingerprint density at radius 2 is 1.25 bits per heavy atom. The molecule has 0 aromatic rings. The van der Waals surface area contributed by atoms with Gasteiger partial charge in [-0.05, 0) is 38.0 Å². The van der Waals surface area contributed by atoms with E-state index in [1.165, 1.54) is 64.2 Å². The van der Waals surface area contributed by atoms with Crippen LogP contribution in [0.1, 0.15) is 130 Å². The van der Waals surface area contributed by atoms with E-state index < -0.39 is 17.8 Å². The van der Waals surface area contributed by atoms with E-state index in [-0.39, 0.29) is 12.1 Å². The molecule has 1 rings (SSSR count). The third-order valence-electron chi connectivity index (χ3n) is 6.77. The molecule has 0 bridgehead atoms. The van der Waals surface area contributed by atoms with Crippen LogP contribution in [0.2, 0.25) is 0 Å². The predicted octanol–water partition coefficient (Wildman–Crippen LogP) is 8.09. The van der Waals surface area contributed by atoms with E-state index in [4.69, 9.17) is 4.74 Å². The zero-order valence-electron chi connectivity index (χ0n) is 21.2. The number of ether oxygens (including phenoxy) is 1. The normalized spacial score (nSPS) is 19.2. The van der Waals surface area contributed by atoms with Crippen LogP contribution in [-0.2, 0) is 14.3 Å². The zero-order valence-corrected chi connectivity index (χ0v) is 21.2. The Labute approximate surface area is 197 Å². The average Bonchev–Trinajstić information content (AvgIpc) is 2.77. The molecule has 0 aromatic carbocycles. The lowest BCUT2D eigenvalue weighted by atomic mass is 9.83. The Morgan fingerprint density at radius 3 is 1.75 bits per heavy atom. The first kappa shape index (κ1) is 28.7. The van der Waals surface area contributed by atoms with Crippen molar-refractivity contribution in [3.63, 3.8) is 0 Å². The fourth-order valence-corrected chi connectivity index (χ4v) is 4.63. The number of hydrogen-bond acceptors (Lipinski definition) is 3. The van der Waals surface area contributed by atoms with Crippen molar-refractivity contribution in [2.24, 2.45) is 17.8 Å². The summed E-state index contributed by atoms with van der Waals surface area (Å²) in [5.74, 6) is -1.54. The van der Waals surface area contributed by atoms with Crippen molar-refractivity contribution >= 4 is 11.9 Å². The quantitative estimate of drug-likeness (QED) is 0.123. The van der Waals surface area contributed by atoms with Crippen LogP contribution >= 0.6 is 0 Å². The largest absolute Gasteiger partial charge is 0.481 e. The number of carbonyl (C=O) groups excluding carboxylic acids is 1. The molecule has 0 saturated heterocycles. The number of carbonyl (C=O) groups is 2. The molecule has 4 nitrogen and oxygen atoms in total. The van der Waals surface area contributed by atoms with Gasteiger partial charge in [-0.15, -0.1) is 0 Å². The summed E-state index contributed by atoms with van der Waals surface area (Å²) in [6, 6.07) is 0. The van der Waals surface area contributed by atoms with E-state index in [0.29, 0.717) is 12.8 Å². The molecule has 186 valence electrons. The van der Waals surface area contributed by atoms with Crippen molar-refractivity contribution < 1.29 is 19.4 Å². The second-order valence-electron chi connectivity index (χ2n) is 10.2. The van der Waals surface area contributed by atoms with Gasteiger partial charge in [-0.3, -0.25) is 9.59 Å². The van der Waals surface area contributed by atoms with Crippen molar-refractivity contribution in [1.29, 1.82) is 0 Å². The summed E-state index contributed by atoms with van der Waals surface area (Å²) < 4.78 is 5.84. The molecule has 0 saturated carbocycles. The van der Waals surface area contributed by atoms with Crippen LogP contribution in [0.3, 0.4) is 0 Å². The van der Waals surface area contributed by atoms with Gasteiger partial charge in [0.1, 0.15) is 6.10 Å². The molecule has 1 aliphatic carbocycles. The van der Waals surface area contributed by atoms with Crippen LogP contribution in [0.4, 0.5) is 0 Å². The van der Waals surface area contributed by atoms with Gasteiger partial charge in [-0.25, -0.2) is 0 Å². The SMILES string of the molecule is CCCCC(CCCCCCCCCCCCC(C)C)OC(=O)C1CC=CCC1C(=O)O. The lowest BCUT2D eigenvalue weighted by Gasteiger charge is -2.26. The molecule has 3 unspecified atom stereocenters. The van der Waals surface area contributed by atoms with Gasteiger partial charge in [0.15, 0.2) is 0 Å². The highest BCUT2D eigenvalue weighted by Crippen LogP contribution is 2.28. The van der Waals surface area contributed by atoms with Crippen LogP contribution in [0.5, 0.6) is 0 Å². The van der Waals surface area contributed by atoms with Gasteiger partial charge in [-0.2, -0.15) is 0 Å². The molecule has 0 radical (unpaired) electrons. The Balaban J connectivity index is 2.19. The smallest absolute Gasteiger partial charge is 0.310 e. The van der Waals surface area contributed by atoms with Gasteiger partial charge in [0.25, 0.3) is 0 Å². The summed E-state index contributed by atoms with van der Waals surface area (Å²) in [7, 11) is 0. The molecule has 0 amide bonds. The highest BCUT2D eigenvalue weighted by atomic mass is 16.5. The average molecular weight is 451 g/mol. The lowest BCUT2D eigenvalue weighted by molar-refractivity contribution is -0.162. The topological polar surface area (TPSA) is 63.6 Å². The second kappa shape index (κ2) is 18.1. The van der Waals surface area contributed by atoms with Crippen LogP contribution < -0.4 is 0 Å². The molecule has 0 spiro atoms. The summed E-state index contributed by atoms with van der Waals surface area (Å²) in [6.45, 7) is 6.76. The predicted molar refractivity (Wildman–Crippen MR) is 133 cm³/mol. The monoisotopic (exact) mass is 450 g/mol. The molecule has 0 heterocycles. The van der Waals surface area contributed by atoms with Crippen LogP contribution in [0.25, 0.3) is 0 Å². The van der Waals surface area contributed by atoms with Gasteiger partial charge in [0, 0.05) is 0 Å². The van der Waals surface area contributed by atoms with Crippen LogP contribution in [0, 0.1) is 17.8 Å². The summed E-state index contributed by atoms with van der Waals surface area (Å²) in [5, 5.41) is 9.43. The van der Waals surface area contributed by atoms with E-state index in [1.807, 2.05) is 12.2 Å². The van der Waals surface area contributed by atoms with Gasteiger partial charge < -0.3 is 9.84 Å². The number of allylic oxidation sites excluding steroid dienone is 2. The highest BCUT2D eigenvalue weighted by Gasteiger charge is 2.36. The number of carboxylic acids is 1. The maximum atomic E-state index is 12.7. The van der Waals surface area contributed by atoms with Gasteiger partial charge in [0.05, 0.1) is 11.8 Å². The Hall–Kier alpha value is -1.32. The first-order valence-electron chi connectivity index (χ1n) is 13.5. The van der Waals surface area contributed by atoms with Crippen molar-refractivity contribution in [2.75, 3.05) is 0 Å². The maximum Gasteiger partial charge on any atom is 0.310 e. The fourth-order valence-electron chi connectivity index (χ4n) is 4.63. The molecule has 1 N–H and O–H groups in total. The van der Waals surface area contributed by atoms with Gasteiger partial charge in [0.2, 0.25) is 0 Å². The minimum Gasteiger partial charge on any atom is -0.481 e. The van der Waals surface area contributed by atoms with Crippen LogP contribution in [-0.4, -0.2) is 23.1 Å². The number of rotatable bonds is 19. The Bertz CT molecular complexity index is 526. The standard InChI is InChI=1S/C28H50O4/c1-4-5-19-24(32-28(31)26-22-17-16-21-25(26)27(29)30)20-15-13-11-9-7-6-8-10-12-14-18-23(2)3/h16-17,23-26H,4-15,18-22H2,1-3H3,(H,29,30). The summed E-state index contributed by atoms with van der Waals surface area (Å²) in [4.78, 5) is 24.2. The maximum absolute atomic E-state index is 12.7. The van der Waals surface area contributed by atoms with Crippen LogP contribution in [0.15, 0.2) is 12.2 Å². The third-order valence-corrected chi connectivity index (χ3v) is 6.77. The molecule has 0 fully saturated rings. The lowest BCUT2D eigenvalue weighted by Crippen LogP contribution is -2.34. The molecule has 0 aromatic heterocycles. The van der Waals surface area contributed by atoms with E-state index in [9.17, 15) is 14.7 Å². The first-order chi connectivity index (χ1) is 15.5. The molecule has 4 heteroatoms. The molecule has 1 aliphatic rings. The minimum atomic E-state index is -0.892. The summed E-state index contributed by atoms with van der Waals surface area (Å²) in [6.07, 6.45) is 23.0. The van der Waals surface area contributed by atoms with Gasteiger partial charge >= 0.3 is 11.9 Å². The number of esters is 1. The minimum absolute atomic E-state index is 0.0614. The molecule has 3 atom stereocenters. The van der Waals surface area contributed by atoms with Gasteiger partial charge in [-0.1, -0.05) is 110 Å². The molecular weight excluding hydrogens is 400 g/mol. The van der Waals surface area contributed by atoms with E-state index in [1.54, 1.807) is 0 Å². The van der Waals surface area contributed by atoms with Crippen molar-refractivity contribution in [3.05, 3.63) is 12.2 Å². The fraction of sp³-hybridized carbons (Fsp3) is 0.857. The molecule has 32 heavy (non-hydrogen) atoms. The number of aliphatic carboxylic acids is 1. The summed E-state index contributed by atoms with van der Waals surface area (Å²) in [5.41, 5.74) is 0. The van der Waals surface area contributed by atoms with Crippen molar-refractivity contribution in [1.82, 2.24) is 0 Å². The third kappa shape index (κ3) is 13.3. The molecule has 0 aliphatic heterocycles. The second-order valence-corrected chi connectivity index (χ2v) is 10.2. The Kier molecular flexibility index (Phi) is 16.3. The first-order valence-corrected chi connectivity index (χ1v) is 13.5. The Morgan fingerprint density at radius 1 is 0.781 bits per heavy atom. The number of unbranched alkanes of at least 4 members (excludes halogenated alkanes) is 10. The van der Waals surface area contributed by atoms with Crippen molar-refractivity contribution in [2.45, 2.75) is 136 Å². The summed E-state index contributed by atoms with van der Waals surface area (Å²) >= 11 is 0. The van der Waals surface area contributed by atoms with Crippen molar-refractivity contribution in [3.8, 4) is 0 Å².